The largest absolute Gasteiger partial charge is 0.493 e. The van der Waals surface area contributed by atoms with Crippen molar-refractivity contribution in [2.24, 2.45) is 0 Å². The number of anilines is 1. The number of nitrogens with zero attached hydrogens (tertiary/aromatic N) is 2. The molecular formula is C30H34Cl3N3O6S. The van der Waals surface area contributed by atoms with Gasteiger partial charge in [-0.15, -0.1) is 0 Å². The van der Waals surface area contributed by atoms with E-state index in [0.717, 1.165) is 4.31 Å². The fraction of sp³-hybridized carbons (Fsp3) is 0.333. The van der Waals surface area contributed by atoms with E-state index < -0.39 is 28.5 Å². The van der Waals surface area contributed by atoms with Gasteiger partial charge in [-0.2, -0.15) is 0 Å². The summed E-state index contributed by atoms with van der Waals surface area (Å²) in [5, 5.41) is 3.89. The summed E-state index contributed by atoms with van der Waals surface area (Å²) in [6, 6.07) is 14.0. The minimum Gasteiger partial charge on any atom is -0.493 e. The Balaban J connectivity index is 2.08. The predicted molar refractivity (Wildman–Crippen MR) is 170 cm³/mol. The molecule has 0 aliphatic carbocycles. The van der Waals surface area contributed by atoms with E-state index in [0.29, 0.717) is 27.8 Å². The first-order valence-electron chi connectivity index (χ1n) is 13.4. The van der Waals surface area contributed by atoms with Crippen molar-refractivity contribution in [3.63, 3.8) is 0 Å². The molecule has 0 unspecified atom stereocenters. The van der Waals surface area contributed by atoms with E-state index in [4.69, 9.17) is 44.3 Å². The average molecular weight is 671 g/mol. The van der Waals surface area contributed by atoms with E-state index in [1.54, 1.807) is 25.1 Å². The van der Waals surface area contributed by atoms with Crippen LogP contribution in [0.3, 0.4) is 0 Å². The zero-order chi connectivity index (χ0) is 31.9. The van der Waals surface area contributed by atoms with Gasteiger partial charge < -0.3 is 19.7 Å². The molecule has 0 aromatic heterocycles. The fourth-order valence-corrected chi connectivity index (χ4v) is 6.00. The zero-order valence-electron chi connectivity index (χ0n) is 24.4. The smallest absolute Gasteiger partial charge is 0.264 e. The Morgan fingerprint density at radius 1 is 0.884 bits per heavy atom. The maximum absolute atomic E-state index is 14.1. The average Bonchev–Trinajstić information content (AvgIpc) is 2.99. The van der Waals surface area contributed by atoms with Crippen molar-refractivity contribution >= 4 is 62.3 Å². The normalized spacial score (nSPS) is 12.7. The second-order valence-electron chi connectivity index (χ2n) is 9.77. The van der Waals surface area contributed by atoms with Gasteiger partial charge in [0.2, 0.25) is 11.8 Å². The Morgan fingerprint density at radius 2 is 1.53 bits per heavy atom. The van der Waals surface area contributed by atoms with Crippen molar-refractivity contribution < 1.29 is 27.5 Å². The monoisotopic (exact) mass is 669 g/mol. The van der Waals surface area contributed by atoms with Crippen molar-refractivity contribution in [2.45, 2.75) is 50.7 Å². The van der Waals surface area contributed by atoms with E-state index in [-0.39, 0.29) is 39.8 Å². The molecule has 13 heteroatoms. The Hall–Kier alpha value is -3.18. The van der Waals surface area contributed by atoms with Gasteiger partial charge in [0.25, 0.3) is 10.0 Å². The molecule has 232 valence electrons. The van der Waals surface area contributed by atoms with E-state index in [1.807, 2.05) is 13.8 Å². The van der Waals surface area contributed by atoms with Gasteiger partial charge in [0.05, 0.1) is 34.8 Å². The number of hydrogen-bond acceptors (Lipinski definition) is 6. The van der Waals surface area contributed by atoms with Crippen molar-refractivity contribution in [3.8, 4) is 11.5 Å². The van der Waals surface area contributed by atoms with Gasteiger partial charge >= 0.3 is 0 Å². The highest BCUT2D eigenvalue weighted by molar-refractivity contribution is 7.92. The summed E-state index contributed by atoms with van der Waals surface area (Å²) in [6.45, 7) is 4.71. The minimum atomic E-state index is -4.34. The first-order valence-corrected chi connectivity index (χ1v) is 15.9. The zero-order valence-corrected chi connectivity index (χ0v) is 27.5. The van der Waals surface area contributed by atoms with E-state index >= 15 is 0 Å². The Bertz CT molecular complexity index is 1550. The van der Waals surface area contributed by atoms with Gasteiger partial charge in [-0.25, -0.2) is 8.42 Å². The SMILES string of the molecule is CC[C@@H](C)NC(=O)[C@@H](C)N(Cc1ccc(Cl)c(Cl)c1)C(=O)CN(c1ccc(Cl)cc1)S(=O)(=O)c1ccc(OC)c(OC)c1. The topological polar surface area (TPSA) is 105 Å². The lowest BCUT2D eigenvalue weighted by molar-refractivity contribution is -0.139. The van der Waals surface area contributed by atoms with Crippen molar-refractivity contribution in [3.05, 3.63) is 81.3 Å². The summed E-state index contributed by atoms with van der Waals surface area (Å²) in [5.74, 6) is -0.479. The molecule has 3 aromatic rings. The highest BCUT2D eigenvalue weighted by atomic mass is 35.5. The van der Waals surface area contributed by atoms with Gasteiger partial charge in [0.15, 0.2) is 11.5 Å². The number of rotatable bonds is 13. The first kappa shape index (κ1) is 34.3. The Morgan fingerprint density at radius 3 is 2.12 bits per heavy atom. The highest BCUT2D eigenvalue weighted by Crippen LogP contribution is 2.33. The quantitative estimate of drug-likeness (QED) is 0.233. The van der Waals surface area contributed by atoms with Crippen LogP contribution in [0, 0.1) is 0 Å². The molecule has 0 aliphatic rings. The molecule has 0 bridgehead atoms. The second kappa shape index (κ2) is 15.0. The molecule has 0 aliphatic heterocycles. The van der Waals surface area contributed by atoms with Crippen LogP contribution < -0.4 is 19.1 Å². The fourth-order valence-electron chi connectivity index (χ4n) is 4.12. The molecule has 0 heterocycles. The molecule has 2 amide bonds. The lowest BCUT2D eigenvalue weighted by atomic mass is 10.1. The number of carbonyl (C=O) groups is 2. The second-order valence-corrected chi connectivity index (χ2v) is 12.9. The van der Waals surface area contributed by atoms with Gasteiger partial charge in [-0.3, -0.25) is 13.9 Å². The molecule has 0 fully saturated rings. The first-order chi connectivity index (χ1) is 20.3. The van der Waals surface area contributed by atoms with Crippen LogP contribution in [-0.2, 0) is 26.2 Å². The van der Waals surface area contributed by atoms with Crippen LogP contribution in [-0.4, -0.2) is 58.0 Å². The highest BCUT2D eigenvalue weighted by Gasteiger charge is 2.33. The Kier molecular flexibility index (Phi) is 12.0. The van der Waals surface area contributed by atoms with E-state index in [9.17, 15) is 18.0 Å². The maximum Gasteiger partial charge on any atom is 0.264 e. The van der Waals surface area contributed by atoms with Crippen LogP contribution in [0.1, 0.15) is 32.8 Å². The van der Waals surface area contributed by atoms with Gasteiger partial charge in [0.1, 0.15) is 12.6 Å². The molecule has 2 atom stereocenters. The van der Waals surface area contributed by atoms with Crippen LogP contribution >= 0.6 is 34.8 Å². The summed E-state index contributed by atoms with van der Waals surface area (Å²) in [5.41, 5.74) is 0.797. The third-order valence-electron chi connectivity index (χ3n) is 6.84. The molecule has 0 saturated carbocycles. The molecule has 43 heavy (non-hydrogen) atoms. The summed E-state index contributed by atoms with van der Waals surface area (Å²) in [6.07, 6.45) is 0.688. The number of carbonyl (C=O) groups excluding carboxylic acids is 2. The number of amides is 2. The van der Waals surface area contributed by atoms with Crippen molar-refractivity contribution in [2.75, 3.05) is 25.1 Å². The number of nitrogens with one attached hydrogen (secondary N) is 1. The lowest BCUT2D eigenvalue weighted by Gasteiger charge is -2.32. The minimum absolute atomic E-state index is 0.0321. The van der Waals surface area contributed by atoms with Gasteiger partial charge in [-0.1, -0.05) is 47.8 Å². The molecule has 3 rings (SSSR count). The number of benzene rings is 3. The van der Waals surface area contributed by atoms with Crippen LogP contribution in [0.25, 0.3) is 0 Å². The molecule has 1 N–H and O–H groups in total. The standard InChI is InChI=1S/C30H34Cl3N3O6S/c1-6-19(2)34-30(38)20(3)35(17-21-7-13-25(32)26(33)15-21)29(37)18-36(23-10-8-22(31)9-11-23)43(39,40)24-12-14-27(41-4)28(16-24)42-5/h7-16,19-20H,6,17-18H2,1-5H3,(H,34,38)/t19-,20-/m1/s1. The number of halogens is 3. The molecule has 0 saturated heterocycles. The predicted octanol–water partition coefficient (Wildman–Crippen LogP) is 6.19. The van der Waals surface area contributed by atoms with Gasteiger partial charge in [0, 0.05) is 23.7 Å². The number of methoxy groups -OCH3 is 2. The van der Waals surface area contributed by atoms with Crippen LogP contribution in [0.5, 0.6) is 11.5 Å². The summed E-state index contributed by atoms with van der Waals surface area (Å²) in [7, 11) is -1.51. The lowest BCUT2D eigenvalue weighted by Crippen LogP contribution is -2.52. The van der Waals surface area contributed by atoms with E-state index in [2.05, 4.69) is 5.32 Å². The van der Waals surface area contributed by atoms with E-state index in [1.165, 1.54) is 61.6 Å². The summed E-state index contributed by atoms with van der Waals surface area (Å²) in [4.78, 5) is 28.4. The van der Waals surface area contributed by atoms with Crippen molar-refractivity contribution in [1.82, 2.24) is 10.2 Å². The number of ether oxygens (including phenoxy) is 2. The molecule has 0 radical (unpaired) electrons. The molecular weight excluding hydrogens is 637 g/mol. The number of sulfonamides is 1. The summed E-state index contributed by atoms with van der Waals surface area (Å²) >= 11 is 18.4. The third kappa shape index (κ3) is 8.47. The molecule has 9 nitrogen and oxygen atoms in total. The maximum atomic E-state index is 14.1. The Labute approximate surface area is 267 Å². The van der Waals surface area contributed by atoms with Crippen molar-refractivity contribution in [1.29, 1.82) is 0 Å². The number of hydrogen-bond donors (Lipinski definition) is 1. The van der Waals surface area contributed by atoms with Crippen LogP contribution in [0.15, 0.2) is 65.6 Å². The van der Waals surface area contributed by atoms with Crippen LogP contribution in [0.2, 0.25) is 15.1 Å². The van der Waals surface area contributed by atoms with Crippen LogP contribution in [0.4, 0.5) is 5.69 Å². The third-order valence-corrected chi connectivity index (χ3v) is 9.60. The molecule has 3 aromatic carbocycles. The van der Waals surface area contributed by atoms with Gasteiger partial charge in [-0.05, 0) is 74.4 Å². The summed E-state index contributed by atoms with van der Waals surface area (Å²) < 4.78 is 39.7. The molecule has 0 spiro atoms.